The molecule has 2 aromatic heterocycles. The Morgan fingerprint density at radius 1 is 0.973 bits per heavy atom. The van der Waals surface area contributed by atoms with Crippen LogP contribution in [0.25, 0.3) is 22.4 Å². The van der Waals surface area contributed by atoms with Gasteiger partial charge in [-0.2, -0.15) is 5.10 Å². The van der Waals surface area contributed by atoms with Crippen LogP contribution in [0.3, 0.4) is 0 Å². The summed E-state index contributed by atoms with van der Waals surface area (Å²) in [5, 5.41) is 7.15. The largest absolute Gasteiger partial charge is 0.468 e. The van der Waals surface area contributed by atoms with Crippen LogP contribution in [0.4, 0.5) is 10.6 Å². The van der Waals surface area contributed by atoms with Crippen molar-refractivity contribution in [2.75, 3.05) is 12.4 Å². The quantitative estimate of drug-likeness (QED) is 0.332. The number of esters is 1. The first kappa shape index (κ1) is 24.2. The van der Waals surface area contributed by atoms with Gasteiger partial charge in [-0.15, -0.1) is 0 Å². The van der Waals surface area contributed by atoms with E-state index in [1.165, 1.54) is 7.11 Å². The normalized spacial score (nSPS) is 14.5. The number of aryl methyl sites for hydroxylation is 1. The van der Waals surface area contributed by atoms with Gasteiger partial charge in [0.25, 0.3) is 0 Å². The number of anilines is 1. The third-order valence-electron chi connectivity index (χ3n) is 6.85. The van der Waals surface area contributed by atoms with Crippen molar-refractivity contribution >= 4 is 17.9 Å². The van der Waals surface area contributed by atoms with Gasteiger partial charge in [0.15, 0.2) is 0 Å². The minimum Gasteiger partial charge on any atom is -0.468 e. The zero-order chi connectivity index (χ0) is 26.0. The maximum absolute atomic E-state index is 12.6. The Bertz CT molecular complexity index is 1410. The number of nitrogens with zero attached hydrogens (tertiary/aromatic N) is 3. The second-order valence-electron chi connectivity index (χ2n) is 9.20. The molecule has 8 nitrogen and oxygen atoms in total. The predicted octanol–water partition coefficient (Wildman–Crippen LogP) is 5.66. The lowest BCUT2D eigenvalue weighted by Gasteiger charge is -2.15. The molecule has 4 aromatic rings. The highest BCUT2D eigenvalue weighted by Gasteiger charge is 2.52. The smallest absolute Gasteiger partial charge is 0.413 e. The van der Waals surface area contributed by atoms with Crippen molar-refractivity contribution in [2.45, 2.75) is 31.3 Å². The van der Waals surface area contributed by atoms with Gasteiger partial charge in [-0.3, -0.25) is 19.8 Å². The molecule has 0 unspecified atom stereocenters. The second kappa shape index (κ2) is 9.89. The highest BCUT2D eigenvalue weighted by atomic mass is 16.6. The number of hydrogen-bond acceptors (Lipinski definition) is 6. The van der Waals surface area contributed by atoms with Gasteiger partial charge in [-0.1, -0.05) is 60.7 Å². The Labute approximate surface area is 215 Å². The molecule has 2 aromatic carbocycles. The summed E-state index contributed by atoms with van der Waals surface area (Å²) in [4.78, 5) is 29.4. The molecule has 8 heteroatoms. The highest BCUT2D eigenvalue weighted by Crippen LogP contribution is 2.49. The summed E-state index contributed by atoms with van der Waals surface area (Å²) in [7, 11) is 3.18. The number of pyridine rings is 1. The van der Waals surface area contributed by atoms with Crippen LogP contribution in [0, 0.1) is 0 Å². The fourth-order valence-electron chi connectivity index (χ4n) is 4.48. The van der Waals surface area contributed by atoms with Crippen LogP contribution in [0.2, 0.25) is 0 Å². The van der Waals surface area contributed by atoms with Gasteiger partial charge in [-0.25, -0.2) is 4.79 Å². The third kappa shape index (κ3) is 4.82. The fraction of sp³-hybridized carbons (Fsp3) is 0.241. The van der Waals surface area contributed by atoms with Gasteiger partial charge in [-0.05, 0) is 42.5 Å². The van der Waals surface area contributed by atoms with Gasteiger partial charge in [0.1, 0.15) is 11.9 Å². The maximum Gasteiger partial charge on any atom is 0.413 e. The summed E-state index contributed by atoms with van der Waals surface area (Å²) >= 11 is 0. The molecule has 37 heavy (non-hydrogen) atoms. The van der Waals surface area contributed by atoms with Crippen molar-refractivity contribution in [2.24, 2.45) is 7.05 Å². The number of benzene rings is 2. The van der Waals surface area contributed by atoms with Gasteiger partial charge < -0.3 is 9.47 Å². The molecule has 1 saturated carbocycles. The number of aromatic nitrogens is 3. The van der Waals surface area contributed by atoms with Crippen LogP contribution in [0.5, 0.6) is 0 Å². The molecule has 0 spiro atoms. The summed E-state index contributed by atoms with van der Waals surface area (Å²) in [6, 6.07) is 21.3. The molecule has 0 aliphatic heterocycles. The number of amides is 1. The Morgan fingerprint density at radius 2 is 1.68 bits per heavy atom. The van der Waals surface area contributed by atoms with Gasteiger partial charge in [0.05, 0.1) is 24.4 Å². The van der Waals surface area contributed by atoms with E-state index in [2.05, 4.69) is 15.4 Å². The standard InChI is InChI=1S/C29H28N4O4/c1-19(20-7-5-4-6-8-20)37-28(35)32-26-24(18-31-33(26)2)21-9-11-22(12-10-21)25-14-13-23(17-30-25)29(15-16-29)27(34)36-3/h4-14,17-19H,15-16H2,1-3H3,(H,32,35)/t19-/m1/s1. The molecule has 0 bridgehead atoms. The van der Waals surface area contributed by atoms with E-state index in [-0.39, 0.29) is 5.97 Å². The fourth-order valence-corrected chi connectivity index (χ4v) is 4.48. The monoisotopic (exact) mass is 496 g/mol. The van der Waals surface area contributed by atoms with E-state index >= 15 is 0 Å². The van der Waals surface area contributed by atoms with Crippen LogP contribution >= 0.6 is 0 Å². The van der Waals surface area contributed by atoms with Crippen LogP contribution < -0.4 is 5.32 Å². The number of methoxy groups -OCH3 is 1. The van der Waals surface area contributed by atoms with E-state index in [9.17, 15) is 9.59 Å². The van der Waals surface area contributed by atoms with Crippen molar-refractivity contribution in [3.63, 3.8) is 0 Å². The van der Waals surface area contributed by atoms with Gasteiger partial charge >= 0.3 is 12.1 Å². The Balaban J connectivity index is 1.30. The predicted molar refractivity (Wildman–Crippen MR) is 140 cm³/mol. The van der Waals surface area contributed by atoms with E-state index in [0.29, 0.717) is 5.82 Å². The van der Waals surface area contributed by atoms with E-state index in [4.69, 9.17) is 9.47 Å². The molecule has 1 aliphatic rings. The van der Waals surface area contributed by atoms with E-state index in [1.54, 1.807) is 24.1 Å². The molecule has 1 aliphatic carbocycles. The number of carbonyl (C=O) groups is 2. The lowest BCUT2D eigenvalue weighted by molar-refractivity contribution is -0.143. The average Bonchev–Trinajstić information content (AvgIpc) is 3.67. The minimum atomic E-state index is -0.553. The molecule has 1 atom stereocenters. The molecule has 0 saturated heterocycles. The zero-order valence-electron chi connectivity index (χ0n) is 21.0. The Morgan fingerprint density at radius 3 is 2.30 bits per heavy atom. The van der Waals surface area contributed by atoms with Crippen molar-refractivity contribution in [1.82, 2.24) is 14.8 Å². The van der Waals surface area contributed by atoms with Crippen molar-refractivity contribution < 1.29 is 19.1 Å². The molecular weight excluding hydrogens is 468 g/mol. The topological polar surface area (TPSA) is 95.3 Å². The Kier molecular flexibility index (Phi) is 6.48. The van der Waals surface area contributed by atoms with Gasteiger partial charge in [0.2, 0.25) is 0 Å². The first-order chi connectivity index (χ1) is 17.9. The first-order valence-corrected chi connectivity index (χ1v) is 12.1. The number of hydrogen-bond donors (Lipinski definition) is 1. The summed E-state index contributed by atoms with van der Waals surface area (Å²) in [6.07, 6.45) is 4.10. The second-order valence-corrected chi connectivity index (χ2v) is 9.20. The highest BCUT2D eigenvalue weighted by molar-refractivity contribution is 5.90. The van der Waals surface area contributed by atoms with Crippen LogP contribution in [0.1, 0.15) is 37.0 Å². The maximum atomic E-state index is 12.6. The number of carbonyl (C=O) groups excluding carboxylic acids is 2. The van der Waals surface area contributed by atoms with E-state index in [1.807, 2.05) is 73.7 Å². The molecule has 1 N–H and O–H groups in total. The van der Waals surface area contributed by atoms with E-state index in [0.717, 1.165) is 46.4 Å². The number of nitrogens with one attached hydrogen (secondary N) is 1. The summed E-state index contributed by atoms with van der Waals surface area (Å²) < 4.78 is 12.1. The third-order valence-corrected chi connectivity index (χ3v) is 6.85. The molecule has 1 amide bonds. The van der Waals surface area contributed by atoms with Crippen LogP contribution in [0.15, 0.2) is 79.1 Å². The molecular formula is C29H28N4O4. The zero-order valence-corrected chi connectivity index (χ0v) is 21.0. The molecule has 0 radical (unpaired) electrons. The lowest BCUT2D eigenvalue weighted by Crippen LogP contribution is -2.21. The lowest BCUT2D eigenvalue weighted by atomic mass is 9.97. The minimum absolute atomic E-state index is 0.203. The van der Waals surface area contributed by atoms with E-state index < -0.39 is 17.6 Å². The summed E-state index contributed by atoms with van der Waals surface area (Å²) in [6.45, 7) is 1.83. The molecule has 1 fully saturated rings. The Hall–Kier alpha value is -4.46. The summed E-state index contributed by atoms with van der Waals surface area (Å²) in [5.74, 6) is 0.337. The van der Waals surface area contributed by atoms with Crippen molar-refractivity contribution in [3.05, 3.63) is 90.3 Å². The van der Waals surface area contributed by atoms with Crippen molar-refractivity contribution in [1.29, 1.82) is 0 Å². The molecule has 188 valence electrons. The molecule has 2 heterocycles. The summed E-state index contributed by atoms with van der Waals surface area (Å²) in [5.41, 5.74) is 4.68. The van der Waals surface area contributed by atoms with Crippen LogP contribution in [-0.4, -0.2) is 33.9 Å². The van der Waals surface area contributed by atoms with Crippen molar-refractivity contribution in [3.8, 4) is 22.4 Å². The molecule has 5 rings (SSSR count). The first-order valence-electron chi connectivity index (χ1n) is 12.1. The van der Waals surface area contributed by atoms with Crippen LogP contribution in [-0.2, 0) is 26.7 Å². The van der Waals surface area contributed by atoms with Gasteiger partial charge in [0, 0.05) is 24.4 Å². The number of ether oxygens (including phenoxy) is 2. The average molecular weight is 497 g/mol. The number of rotatable bonds is 7. The SMILES string of the molecule is COC(=O)C1(c2ccc(-c3ccc(-c4cnn(C)c4NC(=O)O[C@H](C)c4ccccc4)cc3)nc2)CC1.